The summed E-state index contributed by atoms with van der Waals surface area (Å²) >= 11 is 0. The van der Waals surface area contributed by atoms with Crippen LogP contribution in [0.25, 0.3) is 0 Å². The second-order valence-corrected chi connectivity index (χ2v) is 7.12. The maximum atomic E-state index is 12.6. The molecule has 134 valence electrons. The van der Waals surface area contributed by atoms with E-state index in [0.29, 0.717) is 12.3 Å². The third-order valence-corrected chi connectivity index (χ3v) is 5.76. The van der Waals surface area contributed by atoms with Crippen LogP contribution < -0.4 is 5.32 Å². The molecule has 25 heavy (non-hydrogen) atoms. The maximum Gasteiger partial charge on any atom is 0.287 e. The van der Waals surface area contributed by atoms with Gasteiger partial charge in [0, 0.05) is 30.5 Å². The van der Waals surface area contributed by atoms with E-state index in [-0.39, 0.29) is 23.5 Å². The van der Waals surface area contributed by atoms with Crippen LogP contribution in [0.2, 0.25) is 0 Å². The number of rotatable bonds is 6. The molecule has 2 fully saturated rings. The van der Waals surface area contributed by atoms with Gasteiger partial charge >= 0.3 is 0 Å². The van der Waals surface area contributed by atoms with Gasteiger partial charge in [-0.2, -0.15) is 5.10 Å². The molecule has 1 spiro atoms. The minimum Gasteiger partial charge on any atom is -0.454 e. The number of hydrogen-bond acceptors (Lipinski definition) is 4. The summed E-state index contributed by atoms with van der Waals surface area (Å²) in [4.78, 5) is 12.6. The summed E-state index contributed by atoms with van der Waals surface area (Å²) < 4.78 is 13.4. The van der Waals surface area contributed by atoms with Gasteiger partial charge in [0.2, 0.25) is 0 Å². The second kappa shape index (κ2) is 6.67. The van der Waals surface area contributed by atoms with Gasteiger partial charge in [0.05, 0.1) is 12.6 Å². The summed E-state index contributed by atoms with van der Waals surface area (Å²) in [5, 5.41) is 7.34. The van der Waals surface area contributed by atoms with Gasteiger partial charge < -0.3 is 14.5 Å². The molecule has 0 radical (unpaired) electrons. The SMILES string of the molecule is CCO[C@@H]1C[C@H](NC(=O)c2ccc(Cn3cccn3)o2)C12CCCC2. The molecule has 1 amide bonds. The molecular formula is C19H25N3O3. The first kappa shape index (κ1) is 16.4. The quantitative estimate of drug-likeness (QED) is 0.875. The first-order valence-electron chi connectivity index (χ1n) is 9.20. The van der Waals surface area contributed by atoms with E-state index < -0.39 is 0 Å². The molecule has 0 aliphatic heterocycles. The van der Waals surface area contributed by atoms with Crippen molar-refractivity contribution in [1.82, 2.24) is 15.1 Å². The van der Waals surface area contributed by atoms with E-state index in [1.165, 1.54) is 12.8 Å². The van der Waals surface area contributed by atoms with Gasteiger partial charge in [0.25, 0.3) is 5.91 Å². The third-order valence-electron chi connectivity index (χ3n) is 5.76. The van der Waals surface area contributed by atoms with Gasteiger partial charge in [0.1, 0.15) is 5.76 Å². The highest BCUT2D eigenvalue weighted by molar-refractivity contribution is 5.91. The number of aromatic nitrogens is 2. The molecule has 2 aliphatic rings. The van der Waals surface area contributed by atoms with Crippen molar-refractivity contribution in [3.8, 4) is 0 Å². The molecule has 2 atom stereocenters. The van der Waals surface area contributed by atoms with Crippen LogP contribution in [0.3, 0.4) is 0 Å². The van der Waals surface area contributed by atoms with Gasteiger partial charge in [-0.25, -0.2) is 0 Å². The van der Waals surface area contributed by atoms with Gasteiger partial charge in [0.15, 0.2) is 5.76 Å². The Balaban J connectivity index is 1.40. The van der Waals surface area contributed by atoms with Crippen LogP contribution in [0.15, 0.2) is 35.0 Å². The van der Waals surface area contributed by atoms with Gasteiger partial charge in [-0.3, -0.25) is 9.48 Å². The zero-order chi connectivity index (χ0) is 17.3. The molecule has 2 saturated carbocycles. The molecule has 2 aliphatic carbocycles. The fourth-order valence-electron chi connectivity index (χ4n) is 4.46. The molecular weight excluding hydrogens is 318 g/mol. The van der Waals surface area contributed by atoms with E-state index in [4.69, 9.17) is 9.15 Å². The molecule has 2 aromatic rings. The Morgan fingerprint density at radius 1 is 1.44 bits per heavy atom. The second-order valence-electron chi connectivity index (χ2n) is 7.12. The van der Waals surface area contributed by atoms with Crippen LogP contribution in [0.4, 0.5) is 0 Å². The Bertz CT molecular complexity index is 716. The number of amides is 1. The highest BCUT2D eigenvalue weighted by Crippen LogP contribution is 2.54. The van der Waals surface area contributed by atoms with E-state index in [1.807, 2.05) is 25.3 Å². The van der Waals surface area contributed by atoms with E-state index >= 15 is 0 Å². The van der Waals surface area contributed by atoms with Crippen molar-refractivity contribution in [1.29, 1.82) is 0 Å². The number of nitrogens with one attached hydrogen (secondary N) is 1. The fourth-order valence-corrected chi connectivity index (χ4v) is 4.46. The Morgan fingerprint density at radius 3 is 3.00 bits per heavy atom. The van der Waals surface area contributed by atoms with Crippen molar-refractivity contribution in [2.45, 2.75) is 57.7 Å². The smallest absolute Gasteiger partial charge is 0.287 e. The minimum absolute atomic E-state index is 0.127. The number of carbonyl (C=O) groups is 1. The molecule has 0 saturated heterocycles. The highest BCUT2D eigenvalue weighted by atomic mass is 16.5. The summed E-state index contributed by atoms with van der Waals surface area (Å²) in [5.74, 6) is 0.971. The lowest BCUT2D eigenvalue weighted by Crippen LogP contribution is -2.63. The summed E-state index contributed by atoms with van der Waals surface area (Å²) in [6.45, 7) is 3.31. The monoisotopic (exact) mass is 343 g/mol. The molecule has 4 rings (SSSR count). The van der Waals surface area contributed by atoms with E-state index in [0.717, 1.165) is 31.6 Å². The van der Waals surface area contributed by atoms with Crippen molar-refractivity contribution < 1.29 is 13.9 Å². The summed E-state index contributed by atoms with van der Waals surface area (Å²) in [6.07, 6.45) is 9.53. The topological polar surface area (TPSA) is 69.3 Å². The molecule has 6 heteroatoms. The van der Waals surface area contributed by atoms with Crippen LogP contribution in [0, 0.1) is 5.41 Å². The lowest BCUT2D eigenvalue weighted by Gasteiger charge is -2.53. The molecule has 6 nitrogen and oxygen atoms in total. The van der Waals surface area contributed by atoms with Crippen molar-refractivity contribution in [3.05, 3.63) is 42.1 Å². The zero-order valence-electron chi connectivity index (χ0n) is 14.6. The normalized spacial score (nSPS) is 24.4. The van der Waals surface area contributed by atoms with Crippen molar-refractivity contribution in [3.63, 3.8) is 0 Å². The number of furan rings is 1. The molecule has 0 aromatic carbocycles. The Labute approximate surface area is 147 Å². The fraction of sp³-hybridized carbons (Fsp3) is 0.579. The van der Waals surface area contributed by atoms with Crippen molar-refractivity contribution in [2.24, 2.45) is 5.41 Å². The number of nitrogens with zero attached hydrogens (tertiary/aromatic N) is 2. The molecule has 2 aromatic heterocycles. The van der Waals surface area contributed by atoms with Gasteiger partial charge in [-0.1, -0.05) is 12.8 Å². The summed E-state index contributed by atoms with van der Waals surface area (Å²) in [6, 6.07) is 5.64. The standard InChI is InChI=1S/C19H25N3O3/c1-2-24-17-12-16(19(17)8-3-4-9-19)21-18(23)15-7-6-14(25-15)13-22-11-5-10-20-22/h5-7,10-11,16-17H,2-4,8-9,12-13H2,1H3,(H,21,23)/t16-,17+/m0/s1. The Kier molecular flexibility index (Phi) is 4.37. The summed E-state index contributed by atoms with van der Waals surface area (Å²) in [5.41, 5.74) is 0.135. The van der Waals surface area contributed by atoms with Crippen LogP contribution in [-0.2, 0) is 11.3 Å². The van der Waals surface area contributed by atoms with Crippen LogP contribution >= 0.6 is 0 Å². The molecule has 0 bridgehead atoms. The number of carbonyl (C=O) groups excluding carboxylic acids is 1. The van der Waals surface area contributed by atoms with Crippen molar-refractivity contribution in [2.75, 3.05) is 6.61 Å². The van der Waals surface area contributed by atoms with E-state index in [1.54, 1.807) is 16.9 Å². The number of ether oxygens (including phenoxy) is 1. The van der Waals surface area contributed by atoms with Crippen LogP contribution in [0.5, 0.6) is 0 Å². The average Bonchev–Trinajstić information content (AvgIpc) is 3.36. The number of hydrogen-bond donors (Lipinski definition) is 1. The summed E-state index contributed by atoms with van der Waals surface area (Å²) in [7, 11) is 0. The van der Waals surface area contributed by atoms with E-state index in [9.17, 15) is 4.79 Å². The predicted octanol–water partition coefficient (Wildman–Crippen LogP) is 2.99. The average molecular weight is 343 g/mol. The highest BCUT2D eigenvalue weighted by Gasteiger charge is 2.57. The lowest BCUT2D eigenvalue weighted by molar-refractivity contribution is -0.127. The van der Waals surface area contributed by atoms with Crippen molar-refractivity contribution >= 4 is 5.91 Å². The molecule has 0 unspecified atom stereocenters. The predicted molar refractivity (Wildman–Crippen MR) is 92.2 cm³/mol. The first-order valence-corrected chi connectivity index (χ1v) is 9.20. The van der Waals surface area contributed by atoms with Gasteiger partial charge in [-0.05, 0) is 44.4 Å². The van der Waals surface area contributed by atoms with Crippen LogP contribution in [-0.4, -0.2) is 34.4 Å². The van der Waals surface area contributed by atoms with Crippen LogP contribution in [0.1, 0.15) is 55.3 Å². The Morgan fingerprint density at radius 2 is 2.28 bits per heavy atom. The van der Waals surface area contributed by atoms with Gasteiger partial charge in [-0.15, -0.1) is 0 Å². The molecule has 1 N–H and O–H groups in total. The lowest BCUT2D eigenvalue weighted by atomic mass is 9.60. The molecule has 2 heterocycles. The largest absolute Gasteiger partial charge is 0.454 e. The Hall–Kier alpha value is -2.08. The third kappa shape index (κ3) is 2.99. The maximum absolute atomic E-state index is 12.6. The van der Waals surface area contributed by atoms with E-state index in [2.05, 4.69) is 10.4 Å². The minimum atomic E-state index is -0.127. The first-order chi connectivity index (χ1) is 12.2. The zero-order valence-corrected chi connectivity index (χ0v) is 14.6.